The molecule has 1 saturated heterocycles. The van der Waals surface area contributed by atoms with Crippen molar-refractivity contribution in [3.05, 3.63) is 142 Å². The minimum absolute atomic E-state index is 0.274. The van der Waals surface area contributed by atoms with Crippen molar-refractivity contribution in [2.24, 2.45) is 11.5 Å². The van der Waals surface area contributed by atoms with Gasteiger partial charge in [-0.2, -0.15) is 0 Å². The summed E-state index contributed by atoms with van der Waals surface area (Å²) in [7, 11) is 0. The molecule has 0 radical (unpaired) electrons. The number of amides is 14. The first-order valence-electron chi connectivity index (χ1n) is 37.3. The fourth-order valence-corrected chi connectivity index (χ4v) is 12.9. The molecular formula is C75H97BrN16O27. The van der Waals surface area contributed by atoms with E-state index in [4.69, 9.17) is 16.2 Å². The molecule has 4 bridgehead atoms. The second-order valence-electron chi connectivity index (χ2n) is 28.4. The molecule has 0 aliphatic carbocycles. The van der Waals surface area contributed by atoms with Crippen LogP contribution in [0.4, 0.5) is 0 Å². The molecule has 4 heterocycles. The SMILES string of the molecule is CC(/C=C/c1ccccc1)=C\[C@H](O)[C@@H]1CC(=O)N[C@@H](CO)C(=O)NC2Cn3cc([n+]([C@@H]4O[C@H](CO)[C@H](O)[C@H](O)[C@H]4O)c3)CC(NC(=O)CCC[C@@H](C(=O)[O-])NC(=O)[C@@H](O)CNC(=O)[C@H](Cc3ccc(Br)cc3)NC(=O)[C@H]([C@@H](O)C(N)=O)NC(=O)[C@H](CC(N)=O)NC2=O)C(=O)N[C@@H]([C@H](C)O)C(=O)N[C@@H](CO)C(=O)N[C@@H](Cc2ccccc2)C(=O)N1. The predicted molar refractivity (Wildman–Crippen MR) is 409 cm³/mol. The van der Waals surface area contributed by atoms with Gasteiger partial charge in [-0.1, -0.05) is 113 Å². The Balaban J connectivity index is 1.44. The summed E-state index contributed by atoms with van der Waals surface area (Å²) < 4.78 is 8.24. The first-order chi connectivity index (χ1) is 56.4. The number of carbonyl (C=O) groups excluding carboxylic acids is 15. The number of hydrogen-bond donors (Lipinski definition) is 24. The van der Waals surface area contributed by atoms with Crippen molar-refractivity contribution >= 4 is 111 Å². The number of carbonyl (C=O) groups is 15. The van der Waals surface area contributed by atoms with Crippen LogP contribution in [0.5, 0.6) is 0 Å². The number of aliphatic carboxylic acids is 1. The lowest BCUT2D eigenvalue weighted by molar-refractivity contribution is -0.783. The van der Waals surface area contributed by atoms with Crippen molar-refractivity contribution in [1.29, 1.82) is 0 Å². The highest BCUT2D eigenvalue weighted by atomic mass is 79.9. The standard InChI is InChI=1S/C75H97BrN16O27/c1-35(16-17-37-10-5-3-6-11-37)22-51(97)43-27-56(101)81-49(31-93)69(112)87-48-30-91-29-41(92(34-91)74-62(105)61(104)59(102)53(33-95)119-74)25-46(66(109)89-57(36(2)96)72(115)88-50(32-94)70(113)84-45(65(108)83-43)23-38-12-7-4-8-13-38)80-55(100)15-9-14-42(75(117)118)82-71(114)52(98)28-79-64(107)44(24-39-18-20-40(76)21-19-39)86-73(116)58(60(103)63(78)106)90-67(110)47(26-54(77)99)85-68(48)111/h3-8,10-13,16-22,29,34,36,42-53,57-62,74,93-98,102-105H,9,14-15,23-28,30-33H2,1-2H3,(H16-,77,78,79,80,81,82,83,84,85,86,87,88,89,90,99,100,101,106,107,108,109,110,111,112,113,114,115,116,117,118)/b17-16+,35-22+/t36-,42-,43-,44-,45-,46?,47-,48?,49-,50-,51-,52-,53+,57-,58-,59-,60+,61-,62+,74+/m0/s1. The van der Waals surface area contributed by atoms with Crippen LogP contribution in [0, 0.1) is 0 Å². The number of aromatic nitrogens is 2. The fourth-order valence-electron chi connectivity index (χ4n) is 12.7. The summed E-state index contributed by atoms with van der Waals surface area (Å²) in [5, 5.41) is 151. The lowest BCUT2D eigenvalue weighted by Gasteiger charge is -2.38. The number of imidazole rings is 1. The maximum Gasteiger partial charge on any atom is 0.251 e. The molecule has 26 N–H and O–H groups in total. The number of nitrogens with two attached hydrogens (primary N) is 2. The molecule has 20 atom stereocenters. The van der Waals surface area contributed by atoms with Gasteiger partial charge in [0.2, 0.25) is 89.3 Å². The Kier molecular flexibility index (Phi) is 35.6. The lowest BCUT2D eigenvalue weighted by Crippen LogP contribution is -2.64. The molecule has 43 nitrogen and oxygen atoms in total. The Hall–Kier alpha value is -11.6. The molecule has 2 unspecified atom stereocenters. The number of nitrogens with zero attached hydrogens (tertiary/aromatic N) is 2. The predicted octanol–water partition coefficient (Wildman–Crippen LogP) is -12.2. The molecular weight excluding hydrogens is 1640 g/mol. The molecule has 0 saturated carbocycles. The van der Waals surface area contributed by atoms with Gasteiger partial charge >= 0.3 is 0 Å². The molecule has 4 aromatic rings. The fraction of sp³-hybridized carbons (Fsp3) is 0.467. The molecule has 119 heavy (non-hydrogen) atoms. The van der Waals surface area contributed by atoms with Crippen LogP contribution >= 0.6 is 15.9 Å². The van der Waals surface area contributed by atoms with Crippen molar-refractivity contribution in [2.75, 3.05) is 26.4 Å². The smallest absolute Gasteiger partial charge is 0.251 e. The van der Waals surface area contributed by atoms with Crippen molar-refractivity contribution in [2.45, 2.75) is 193 Å². The number of ether oxygens (including phenoxy) is 1. The summed E-state index contributed by atoms with van der Waals surface area (Å²) in [6.07, 6.45) is -19.1. The van der Waals surface area contributed by atoms with Gasteiger partial charge in [-0.15, -0.1) is 0 Å². The van der Waals surface area contributed by atoms with Crippen LogP contribution < -0.4 is 84.9 Å². The molecule has 7 rings (SSSR count). The van der Waals surface area contributed by atoms with Crippen molar-refractivity contribution in [3.8, 4) is 0 Å². The monoisotopic (exact) mass is 1730 g/mol. The van der Waals surface area contributed by atoms with Gasteiger partial charge in [0.05, 0.1) is 63.0 Å². The number of rotatable bonds is 18. The number of nitrogens with one attached hydrogen (secondary N) is 12. The zero-order valence-corrected chi connectivity index (χ0v) is 65.6. The summed E-state index contributed by atoms with van der Waals surface area (Å²) in [6, 6.07) is -0.830. The third kappa shape index (κ3) is 27.8. The first kappa shape index (κ1) is 94.6. The Labute approximate surface area is 686 Å². The number of β-amino-alcohol motifs (C(OH)–C–C–N with tert-alkyl or cyclic N) is 1. The maximum atomic E-state index is 15.3. The highest BCUT2D eigenvalue weighted by Crippen LogP contribution is 2.26. The normalized spacial score (nSPS) is 28.2. The van der Waals surface area contributed by atoms with Gasteiger partial charge < -0.3 is 141 Å². The van der Waals surface area contributed by atoms with Crippen molar-refractivity contribution in [3.63, 3.8) is 0 Å². The van der Waals surface area contributed by atoms with Gasteiger partial charge in [-0.05, 0) is 55.5 Å². The zero-order chi connectivity index (χ0) is 87.6. The Morgan fingerprint density at radius 2 is 1.15 bits per heavy atom. The van der Waals surface area contributed by atoms with E-state index in [1.54, 1.807) is 67.6 Å². The average Bonchev–Trinajstić information content (AvgIpc) is 1.68. The van der Waals surface area contributed by atoms with E-state index in [0.717, 1.165) is 28.6 Å². The number of allylic oxidation sites excluding steroid dienone is 2. The van der Waals surface area contributed by atoms with Gasteiger partial charge in [0.1, 0.15) is 103 Å². The van der Waals surface area contributed by atoms with E-state index in [-0.39, 0.29) is 5.56 Å². The number of benzene rings is 3. The van der Waals surface area contributed by atoms with Crippen molar-refractivity contribution < 1.29 is 137 Å². The quantitative estimate of drug-likeness (QED) is 0.0325. The van der Waals surface area contributed by atoms with Crippen LogP contribution in [0.2, 0.25) is 0 Å². The molecule has 1 aromatic heterocycles. The molecule has 3 aromatic carbocycles. The molecule has 1 fully saturated rings. The highest BCUT2D eigenvalue weighted by molar-refractivity contribution is 9.10. The van der Waals surface area contributed by atoms with Crippen LogP contribution in [-0.2, 0) is 102 Å². The third-order valence-electron chi connectivity index (χ3n) is 19.2. The van der Waals surface area contributed by atoms with E-state index in [1.807, 2.05) is 10.6 Å². The van der Waals surface area contributed by atoms with E-state index in [1.165, 1.54) is 42.5 Å². The van der Waals surface area contributed by atoms with Crippen molar-refractivity contribution in [1.82, 2.24) is 68.4 Å². The summed E-state index contributed by atoms with van der Waals surface area (Å²) in [6.45, 7) is -3.31. The number of carboxylic acid groups (broad SMARTS) is 1. The number of primary amides is 2. The van der Waals surface area contributed by atoms with E-state index in [0.29, 0.717) is 21.2 Å². The Morgan fingerprint density at radius 1 is 0.597 bits per heavy atom. The molecule has 0 spiro atoms. The van der Waals surface area contributed by atoms with Gasteiger partial charge in [0.15, 0.2) is 6.10 Å². The molecule has 3 aliphatic heterocycles. The van der Waals surface area contributed by atoms with E-state index in [2.05, 4.69) is 69.1 Å². The van der Waals surface area contributed by atoms with Crippen LogP contribution in [0.3, 0.4) is 0 Å². The number of aliphatic hydroxyl groups excluding tert-OH is 10. The van der Waals surface area contributed by atoms with E-state index < -0.39 is 300 Å². The van der Waals surface area contributed by atoms with Crippen LogP contribution in [0.25, 0.3) is 6.08 Å². The van der Waals surface area contributed by atoms with Crippen LogP contribution in [0.15, 0.2) is 120 Å². The zero-order valence-electron chi connectivity index (χ0n) is 64.0. The number of aliphatic hydroxyl groups is 10. The highest BCUT2D eigenvalue weighted by Gasteiger charge is 2.49. The summed E-state index contributed by atoms with van der Waals surface area (Å²) in [4.78, 5) is 214. The molecule has 646 valence electrons. The number of fused-ring (bicyclic) bond motifs is 2. The molecule has 3 aliphatic rings. The Morgan fingerprint density at radius 3 is 1.76 bits per heavy atom. The first-order valence-corrected chi connectivity index (χ1v) is 38.1. The lowest BCUT2D eigenvalue weighted by atomic mass is 9.98. The Bertz CT molecular complexity index is 4350. The molecule has 14 amide bonds. The number of carboxylic acids is 1. The molecule has 44 heteroatoms. The summed E-state index contributed by atoms with van der Waals surface area (Å²) in [5.74, 6) is -22.0. The van der Waals surface area contributed by atoms with Gasteiger partial charge in [0.25, 0.3) is 5.91 Å². The number of hydrogen-bond acceptors (Lipinski definition) is 27. The van der Waals surface area contributed by atoms with E-state index in [9.17, 15) is 119 Å². The second-order valence-corrected chi connectivity index (χ2v) is 29.3. The maximum absolute atomic E-state index is 15.3. The van der Waals surface area contributed by atoms with E-state index >= 15 is 9.59 Å². The van der Waals surface area contributed by atoms with Crippen LogP contribution in [0.1, 0.15) is 74.6 Å². The van der Waals surface area contributed by atoms with Gasteiger partial charge in [0, 0.05) is 36.6 Å². The average molecular weight is 1730 g/mol. The summed E-state index contributed by atoms with van der Waals surface area (Å²) >= 11 is 3.26. The topological polar surface area (TPSA) is 696 Å². The third-order valence-corrected chi connectivity index (χ3v) is 19.7. The van der Waals surface area contributed by atoms with Gasteiger partial charge in [-0.3, -0.25) is 67.1 Å². The van der Waals surface area contributed by atoms with Gasteiger partial charge in [-0.25, -0.2) is 9.13 Å². The minimum Gasteiger partial charge on any atom is -0.548 e. The summed E-state index contributed by atoms with van der Waals surface area (Å²) in [5.41, 5.74) is 12.4. The van der Waals surface area contributed by atoms with Crippen LogP contribution in [-0.4, -0.2) is 286 Å². The second kappa shape index (κ2) is 44.8. The number of halogens is 1. The minimum atomic E-state index is -2.76. The largest absolute Gasteiger partial charge is 0.548 e.